The molecule has 9 aliphatic rings. The number of hydrogen-bond acceptors (Lipinski definition) is 24. The highest BCUT2D eigenvalue weighted by molar-refractivity contribution is 6.05. The van der Waals surface area contributed by atoms with Crippen LogP contribution in [0, 0.1) is 23.7 Å². The molecule has 0 bridgehead atoms. The van der Waals surface area contributed by atoms with Crippen LogP contribution < -0.4 is 56.8 Å². The van der Waals surface area contributed by atoms with Crippen molar-refractivity contribution in [2.75, 3.05) is 113 Å². The fourth-order valence-corrected chi connectivity index (χ4v) is 18.4. The highest BCUT2D eigenvalue weighted by Crippen LogP contribution is 2.40. The van der Waals surface area contributed by atoms with Gasteiger partial charge in [-0.1, -0.05) is 133 Å². The first-order valence-corrected chi connectivity index (χ1v) is 48.5. The predicted octanol–water partition coefficient (Wildman–Crippen LogP) is 15.2. The van der Waals surface area contributed by atoms with Gasteiger partial charge >= 0.3 is 17.9 Å². The van der Waals surface area contributed by atoms with Crippen LogP contribution in [-0.4, -0.2) is 209 Å². The molecule has 4 amide bonds. The zero-order valence-electron chi connectivity index (χ0n) is 76.9. The summed E-state index contributed by atoms with van der Waals surface area (Å²) in [5.74, 6) is 2.90. The van der Waals surface area contributed by atoms with Gasteiger partial charge in [-0.2, -0.15) is 0 Å². The number of piperazine rings is 1. The molecule has 1 aliphatic heterocycles. The average Bonchev–Trinajstić information content (AvgIpc) is 1.26. The van der Waals surface area contributed by atoms with Gasteiger partial charge in [-0.15, -0.1) is 0 Å². The van der Waals surface area contributed by atoms with E-state index in [1.165, 1.54) is 204 Å². The highest BCUT2D eigenvalue weighted by Gasteiger charge is 2.36. The van der Waals surface area contributed by atoms with E-state index >= 15 is 0 Å². The first-order chi connectivity index (χ1) is 64.3. The van der Waals surface area contributed by atoms with Crippen molar-refractivity contribution >= 4 is 87.6 Å². The third kappa shape index (κ3) is 31.1. The summed E-state index contributed by atoms with van der Waals surface area (Å²) >= 11 is 0. The number of carboxylic acid groups (broad SMARTS) is 3. The van der Waals surface area contributed by atoms with E-state index in [2.05, 4.69) is 114 Å². The highest BCUT2D eigenvalue weighted by atomic mass is 16.4. The average molecular weight is 1800 g/mol. The van der Waals surface area contributed by atoms with Crippen molar-refractivity contribution < 1.29 is 48.9 Å². The normalized spacial score (nSPS) is 17.5. The Morgan fingerprint density at radius 2 is 0.689 bits per heavy atom. The van der Waals surface area contributed by atoms with Crippen LogP contribution in [0.25, 0.3) is 0 Å². The minimum atomic E-state index is -0.891. The molecule has 8 saturated carbocycles. The van der Waals surface area contributed by atoms with Gasteiger partial charge in [0.25, 0.3) is 23.6 Å². The fourth-order valence-electron chi connectivity index (χ4n) is 18.4. The molecule has 1 atom stereocenters. The van der Waals surface area contributed by atoms with Gasteiger partial charge in [0, 0.05) is 150 Å². The van der Waals surface area contributed by atoms with Gasteiger partial charge < -0.3 is 72.1 Å². The van der Waals surface area contributed by atoms with E-state index in [1.54, 1.807) is 30.4 Å². The van der Waals surface area contributed by atoms with Gasteiger partial charge in [-0.3, -0.25) is 43.4 Å². The first kappa shape index (κ1) is 96.5. The van der Waals surface area contributed by atoms with Gasteiger partial charge in [0.15, 0.2) is 0 Å². The summed E-state index contributed by atoms with van der Waals surface area (Å²) in [7, 11) is 1.76. The lowest BCUT2D eigenvalue weighted by molar-refractivity contribution is -0.140. The number of benzene rings is 4. The summed E-state index contributed by atoms with van der Waals surface area (Å²) < 4.78 is 0. The third-order valence-corrected chi connectivity index (χ3v) is 26.6. The number of rotatable bonds is 39. The Morgan fingerprint density at radius 1 is 0.386 bits per heavy atom. The number of nitrogens with one attached hydrogen (secondary N) is 7. The summed E-state index contributed by atoms with van der Waals surface area (Å²) in [4.78, 5) is 133. The molecule has 0 radical (unpaired) electrons. The maximum absolute atomic E-state index is 13.0. The van der Waals surface area contributed by atoms with E-state index < -0.39 is 23.9 Å². The van der Waals surface area contributed by atoms with Crippen LogP contribution in [0.1, 0.15) is 257 Å². The SMILES string of the molecule is CCC(NCc1ccc(NC(=O)c2cc(N(CC3CC3)C3CCCCC3)ncn2)cc1)C(=O)O.CN(CC(=O)O)Cc1ccc(NC(=O)c2cc(N(CC3CC3)C3CCCCC3)ncn2)cc1.O=C(Nc1ccc(CN2CCNCC2)cc1)c1cc(N(CC2CC2)C2CCCCC2)ncn1.O=C(O)CNCc1ccc(NC(=O)c2cc(N(CC3CC3)C3CCCCC3)ncn2)cc1. The maximum Gasteiger partial charge on any atom is 0.320 e. The van der Waals surface area contributed by atoms with Crippen molar-refractivity contribution in [3.05, 3.63) is 192 Å². The maximum atomic E-state index is 13.0. The van der Waals surface area contributed by atoms with E-state index in [-0.39, 0.29) is 36.7 Å². The van der Waals surface area contributed by atoms with Gasteiger partial charge in [0.2, 0.25) is 0 Å². The van der Waals surface area contributed by atoms with E-state index in [4.69, 9.17) is 15.3 Å². The van der Waals surface area contributed by atoms with Crippen LogP contribution in [0.2, 0.25) is 0 Å². The lowest BCUT2D eigenvalue weighted by atomic mass is 9.94. The molecule has 4 aromatic heterocycles. The van der Waals surface area contributed by atoms with Crippen molar-refractivity contribution in [1.29, 1.82) is 0 Å². The van der Waals surface area contributed by atoms with Crippen molar-refractivity contribution in [3.63, 3.8) is 0 Å². The summed E-state index contributed by atoms with van der Waals surface area (Å²) in [5, 5.41) is 47.7. The number of carboxylic acids is 3. The monoisotopic (exact) mass is 1800 g/mol. The first-order valence-electron chi connectivity index (χ1n) is 48.5. The number of carbonyl (C=O) groups is 7. The van der Waals surface area contributed by atoms with Crippen molar-refractivity contribution in [2.24, 2.45) is 23.7 Å². The Bertz CT molecular complexity index is 5010. The van der Waals surface area contributed by atoms with Crippen molar-refractivity contribution in [3.8, 4) is 0 Å². The number of likely N-dealkylation sites (N-methyl/N-ethyl adjacent to an activating group) is 1. The van der Waals surface area contributed by atoms with Gasteiger partial charge in [-0.05, 0) is 211 Å². The van der Waals surface area contributed by atoms with Gasteiger partial charge in [-0.25, -0.2) is 39.9 Å². The molecule has 17 rings (SSSR count). The van der Waals surface area contributed by atoms with Crippen LogP contribution in [-0.2, 0) is 40.6 Å². The summed E-state index contributed by atoms with van der Waals surface area (Å²) in [6.45, 7) is 12.4. The summed E-state index contributed by atoms with van der Waals surface area (Å²) in [6, 6.07) is 39.1. The largest absolute Gasteiger partial charge is 0.480 e. The van der Waals surface area contributed by atoms with Gasteiger partial charge in [0.05, 0.1) is 13.1 Å². The molecule has 132 heavy (non-hydrogen) atoms. The topological polar surface area (TPSA) is 387 Å². The Hall–Kier alpha value is -11.5. The Kier molecular flexibility index (Phi) is 36.0. The molecule has 31 heteroatoms. The Balaban J connectivity index is 0.000000142. The second-order valence-electron chi connectivity index (χ2n) is 37.5. The molecular weight excluding hydrogens is 1670 g/mol. The van der Waals surface area contributed by atoms with Crippen molar-refractivity contribution in [2.45, 2.75) is 250 Å². The molecule has 4 aromatic carbocycles. The lowest BCUT2D eigenvalue weighted by Gasteiger charge is -2.35. The van der Waals surface area contributed by atoms with E-state index in [0.29, 0.717) is 90.1 Å². The van der Waals surface area contributed by atoms with Gasteiger partial charge in [0.1, 0.15) is 77.4 Å². The molecule has 5 heterocycles. The molecular formula is C101H135N21O10. The van der Waals surface area contributed by atoms with E-state index in [0.717, 1.165) is 128 Å². The minimum absolute atomic E-state index is 0.0207. The second kappa shape index (κ2) is 49.3. The van der Waals surface area contributed by atoms with Crippen LogP contribution in [0.3, 0.4) is 0 Å². The van der Waals surface area contributed by atoms with Crippen LogP contribution >= 0.6 is 0 Å². The number of amides is 4. The molecule has 1 saturated heterocycles. The summed E-state index contributed by atoms with van der Waals surface area (Å²) in [6.07, 6.45) is 41.8. The Labute approximate surface area is 776 Å². The predicted molar refractivity (Wildman–Crippen MR) is 513 cm³/mol. The molecule has 8 aliphatic carbocycles. The molecule has 0 spiro atoms. The van der Waals surface area contributed by atoms with Crippen LogP contribution in [0.4, 0.5) is 46.0 Å². The molecule has 31 nitrogen and oxygen atoms in total. The number of aliphatic carboxylic acids is 3. The number of aromatic nitrogens is 8. The quantitative estimate of drug-likeness (QED) is 0.0171. The fraction of sp³-hybridized carbons (Fsp3) is 0.535. The van der Waals surface area contributed by atoms with Crippen LogP contribution in [0.15, 0.2) is 147 Å². The standard InChI is InChI=1S/C26H36N6O.C26H35N5O3.C25H33N5O3.C24H31N5O3/c33-26(30-22-10-8-20(9-11-22)17-31-14-12-27-13-15-31)24-16-25(29-19-28-24)32(18-21-6-7-21)23-4-2-1-3-5-23;1-2-22(26(33)34)27-15-18-10-12-20(13-11-18)30-25(32)23-14-24(29-17-28-23)31(16-19-8-9-19)21-6-4-3-5-7-21;1-29(16-24(31)32)14-18-9-11-20(12-10-18)28-25(33)22-13-23(27-17-26-22)30(15-19-7-8-19)21-5-3-2-4-6-21;30-23(31)14-25-13-17-8-10-19(11-9-17)28-24(32)21-12-22(27-16-26-21)29(15-18-6-7-18)20-4-2-1-3-5-20/h8-11,16,19,21,23,27H,1-7,12-15,17-18H2,(H,30,33);10-14,17,19,21-22,27H,2-9,15-16H2,1H3,(H,30,32)(H,33,34);9-13,17,19,21H,2-8,14-16H2,1H3,(H,28,33)(H,31,32);8-12,16,18,20,25H,1-7,13-15H2,(H,28,32)(H,30,31). The zero-order valence-corrected chi connectivity index (χ0v) is 76.9. The lowest BCUT2D eigenvalue weighted by Crippen LogP contribution is -2.42. The number of nitrogens with zero attached hydrogens (tertiary/aromatic N) is 14. The number of carbonyl (C=O) groups excluding carboxylic acids is 4. The van der Waals surface area contributed by atoms with Crippen molar-refractivity contribution in [1.82, 2.24) is 65.6 Å². The molecule has 1 unspecified atom stereocenters. The van der Waals surface area contributed by atoms with E-state index in [9.17, 15) is 33.6 Å². The Morgan fingerprint density at radius 3 is 0.977 bits per heavy atom. The second-order valence-corrected chi connectivity index (χ2v) is 37.5. The third-order valence-electron chi connectivity index (χ3n) is 26.6. The molecule has 9 fully saturated rings. The molecule has 8 aromatic rings. The zero-order chi connectivity index (χ0) is 91.9. The van der Waals surface area contributed by atoms with Crippen LogP contribution in [0.5, 0.6) is 0 Å². The number of hydrogen-bond donors (Lipinski definition) is 10. The van der Waals surface area contributed by atoms with E-state index in [1.807, 2.05) is 104 Å². The number of anilines is 8. The smallest absolute Gasteiger partial charge is 0.320 e. The minimum Gasteiger partial charge on any atom is -0.480 e. The summed E-state index contributed by atoms with van der Waals surface area (Å²) in [5.41, 5.74) is 8.45. The molecule has 704 valence electrons. The molecule has 10 N–H and O–H groups in total.